The molecule has 0 spiro atoms. The van der Waals surface area contributed by atoms with E-state index in [1.54, 1.807) is 17.5 Å². The lowest BCUT2D eigenvalue weighted by atomic mass is 10.3. The maximum atomic E-state index is 11.6. The number of aromatic nitrogens is 1. The van der Waals surface area contributed by atoms with E-state index < -0.39 is 10.2 Å². The maximum absolute atomic E-state index is 11.6. The molecule has 2 aromatic heterocycles. The van der Waals surface area contributed by atoms with Crippen LogP contribution in [0.2, 0.25) is 0 Å². The van der Waals surface area contributed by atoms with Gasteiger partial charge < -0.3 is 10.2 Å². The quantitative estimate of drug-likeness (QED) is 0.860. The van der Waals surface area contributed by atoms with Gasteiger partial charge in [-0.2, -0.15) is 12.7 Å². The minimum Gasteiger partial charge on any atom is -0.458 e. The van der Waals surface area contributed by atoms with Gasteiger partial charge in [-0.3, -0.25) is 0 Å². The number of thiazole rings is 1. The molecule has 2 rings (SSSR count). The van der Waals surface area contributed by atoms with E-state index in [1.807, 2.05) is 0 Å². The lowest BCUT2D eigenvalue weighted by Gasteiger charge is -2.10. The summed E-state index contributed by atoms with van der Waals surface area (Å²) >= 11 is 1.19. The molecule has 0 aliphatic rings. The van der Waals surface area contributed by atoms with Crippen LogP contribution in [0.5, 0.6) is 0 Å². The van der Waals surface area contributed by atoms with Gasteiger partial charge in [-0.15, -0.1) is 11.3 Å². The van der Waals surface area contributed by atoms with Crippen molar-refractivity contribution in [2.24, 2.45) is 5.73 Å². The molecule has 0 saturated carbocycles. The third kappa shape index (κ3) is 3.13. The Bertz CT molecular complexity index is 660. The Morgan fingerprint density at radius 1 is 1.47 bits per heavy atom. The molecule has 7 nitrogen and oxygen atoms in total. The Kier molecular flexibility index (Phi) is 3.90. The average Bonchev–Trinajstić information content (AvgIpc) is 2.96. The van der Waals surface area contributed by atoms with Crippen LogP contribution in [-0.2, 0) is 16.8 Å². The first-order valence-corrected chi connectivity index (χ1v) is 7.69. The highest BCUT2D eigenvalue weighted by Gasteiger charge is 2.16. The van der Waals surface area contributed by atoms with Gasteiger partial charge in [0.1, 0.15) is 11.5 Å². The summed E-state index contributed by atoms with van der Waals surface area (Å²) in [5.74, 6) is 1.21. The molecule has 3 N–H and O–H groups in total. The number of nitrogens with zero attached hydrogens (tertiary/aromatic N) is 2. The molecule has 0 amide bonds. The Morgan fingerprint density at radius 3 is 2.79 bits per heavy atom. The molecule has 2 heterocycles. The van der Waals surface area contributed by atoms with Crippen LogP contribution in [0, 0.1) is 0 Å². The summed E-state index contributed by atoms with van der Waals surface area (Å²) in [5.41, 5.74) is 6.02. The van der Waals surface area contributed by atoms with Crippen molar-refractivity contribution in [3.8, 4) is 11.5 Å². The van der Waals surface area contributed by atoms with Crippen molar-refractivity contribution in [2.75, 3.05) is 18.8 Å². The summed E-state index contributed by atoms with van der Waals surface area (Å²) in [7, 11) is -0.656. The van der Waals surface area contributed by atoms with E-state index in [0.29, 0.717) is 23.8 Å². The molecular formula is C10H14N4O3S2. The molecule has 0 aliphatic heterocycles. The van der Waals surface area contributed by atoms with Crippen LogP contribution in [0.1, 0.15) is 5.76 Å². The first-order valence-electron chi connectivity index (χ1n) is 5.37. The first-order chi connectivity index (χ1) is 8.92. The predicted octanol–water partition coefficient (Wildman–Crippen LogP) is 1.08. The second kappa shape index (κ2) is 5.29. The van der Waals surface area contributed by atoms with Crippen LogP contribution in [0.3, 0.4) is 0 Å². The van der Waals surface area contributed by atoms with Gasteiger partial charge in [-0.1, -0.05) is 0 Å². The second-order valence-corrected chi connectivity index (χ2v) is 6.64. The van der Waals surface area contributed by atoms with Crippen molar-refractivity contribution >= 4 is 26.7 Å². The summed E-state index contributed by atoms with van der Waals surface area (Å²) in [4.78, 5) is 4.16. The van der Waals surface area contributed by atoms with Gasteiger partial charge in [0.25, 0.3) is 0 Å². The molecule has 104 valence electrons. The first kappa shape index (κ1) is 14.0. The predicted molar refractivity (Wildman–Crippen MR) is 73.9 cm³/mol. The number of hydrogen-bond donors (Lipinski definition) is 2. The normalized spacial score (nSPS) is 12.0. The van der Waals surface area contributed by atoms with E-state index in [0.717, 1.165) is 4.31 Å². The molecule has 2 aromatic rings. The zero-order chi connectivity index (χ0) is 14.0. The number of rotatable bonds is 5. The fourth-order valence-electron chi connectivity index (χ4n) is 1.26. The topological polar surface area (TPSA) is 101 Å². The summed E-state index contributed by atoms with van der Waals surface area (Å²) in [6.07, 6.45) is 0. The van der Waals surface area contributed by atoms with Crippen molar-refractivity contribution in [2.45, 2.75) is 6.54 Å². The molecule has 0 radical (unpaired) electrons. The van der Waals surface area contributed by atoms with Gasteiger partial charge in [0.05, 0.1) is 6.54 Å². The lowest BCUT2D eigenvalue weighted by Crippen LogP contribution is -2.28. The van der Waals surface area contributed by atoms with E-state index in [1.165, 1.54) is 25.4 Å². The SMILES string of the molecule is CN(C)S(=O)(=O)Nc1nc(-c2ccc(CN)o2)cs1. The van der Waals surface area contributed by atoms with E-state index in [9.17, 15) is 8.42 Å². The summed E-state index contributed by atoms with van der Waals surface area (Å²) in [6.45, 7) is 0.310. The van der Waals surface area contributed by atoms with Gasteiger partial charge >= 0.3 is 10.2 Å². The largest absolute Gasteiger partial charge is 0.458 e. The second-order valence-electron chi connectivity index (χ2n) is 3.90. The highest BCUT2D eigenvalue weighted by Crippen LogP contribution is 2.27. The number of nitrogens with two attached hydrogens (primary N) is 1. The number of nitrogens with one attached hydrogen (secondary N) is 1. The van der Waals surface area contributed by atoms with E-state index in [2.05, 4.69) is 9.71 Å². The van der Waals surface area contributed by atoms with Crippen LogP contribution in [0.15, 0.2) is 21.9 Å². The van der Waals surface area contributed by atoms with Crippen molar-refractivity contribution in [1.82, 2.24) is 9.29 Å². The van der Waals surface area contributed by atoms with Crippen LogP contribution in [-0.4, -0.2) is 31.8 Å². The molecule has 0 bridgehead atoms. The molecule has 0 fully saturated rings. The molecule has 0 unspecified atom stereocenters. The third-order valence-electron chi connectivity index (χ3n) is 2.32. The maximum Gasteiger partial charge on any atom is 0.302 e. The smallest absolute Gasteiger partial charge is 0.302 e. The minimum absolute atomic E-state index is 0.286. The van der Waals surface area contributed by atoms with Gasteiger partial charge in [0.2, 0.25) is 0 Å². The van der Waals surface area contributed by atoms with Crippen molar-refractivity contribution in [3.05, 3.63) is 23.3 Å². The zero-order valence-electron chi connectivity index (χ0n) is 10.5. The van der Waals surface area contributed by atoms with E-state index in [-0.39, 0.29) is 5.13 Å². The van der Waals surface area contributed by atoms with Gasteiger partial charge in [-0.25, -0.2) is 9.71 Å². The summed E-state index contributed by atoms with van der Waals surface area (Å²) in [5, 5.41) is 2.00. The monoisotopic (exact) mass is 302 g/mol. The zero-order valence-corrected chi connectivity index (χ0v) is 12.1. The van der Waals surface area contributed by atoms with Gasteiger partial charge in [0.15, 0.2) is 10.9 Å². The average molecular weight is 302 g/mol. The number of furan rings is 1. The Labute approximate surface area is 115 Å². The molecule has 0 atom stereocenters. The highest BCUT2D eigenvalue weighted by molar-refractivity contribution is 7.90. The van der Waals surface area contributed by atoms with Crippen LogP contribution in [0.4, 0.5) is 5.13 Å². The standard InChI is InChI=1S/C10H14N4O3S2/c1-14(2)19(15,16)13-10-12-8(6-18-10)9-4-3-7(5-11)17-9/h3-4,6H,5,11H2,1-2H3,(H,12,13). The van der Waals surface area contributed by atoms with Gasteiger partial charge in [-0.05, 0) is 12.1 Å². The van der Waals surface area contributed by atoms with Gasteiger partial charge in [0, 0.05) is 19.5 Å². The minimum atomic E-state index is -3.54. The molecule has 0 aromatic carbocycles. The molecule has 19 heavy (non-hydrogen) atoms. The lowest BCUT2D eigenvalue weighted by molar-refractivity contribution is 0.523. The molecule has 9 heteroatoms. The third-order valence-corrected chi connectivity index (χ3v) is 4.62. The molecular weight excluding hydrogens is 288 g/mol. The summed E-state index contributed by atoms with van der Waals surface area (Å²) in [6, 6.07) is 3.51. The van der Waals surface area contributed by atoms with E-state index >= 15 is 0 Å². The summed E-state index contributed by atoms with van der Waals surface area (Å²) < 4.78 is 32.2. The van der Waals surface area contributed by atoms with Crippen LogP contribution >= 0.6 is 11.3 Å². The van der Waals surface area contributed by atoms with Crippen LogP contribution in [0.25, 0.3) is 11.5 Å². The Morgan fingerprint density at radius 2 is 2.21 bits per heavy atom. The fourth-order valence-corrected chi connectivity index (χ4v) is 2.76. The van der Waals surface area contributed by atoms with Crippen LogP contribution < -0.4 is 10.5 Å². The van der Waals surface area contributed by atoms with Crippen molar-refractivity contribution in [1.29, 1.82) is 0 Å². The van der Waals surface area contributed by atoms with Crippen molar-refractivity contribution < 1.29 is 12.8 Å². The Hall–Kier alpha value is -1.42. The van der Waals surface area contributed by atoms with E-state index in [4.69, 9.17) is 10.2 Å². The number of hydrogen-bond acceptors (Lipinski definition) is 6. The molecule has 0 aliphatic carbocycles. The number of anilines is 1. The van der Waals surface area contributed by atoms with Crippen molar-refractivity contribution in [3.63, 3.8) is 0 Å². The Balaban J connectivity index is 2.20. The molecule has 0 saturated heterocycles. The highest BCUT2D eigenvalue weighted by atomic mass is 32.2. The fraction of sp³-hybridized carbons (Fsp3) is 0.300.